The highest BCUT2D eigenvalue weighted by molar-refractivity contribution is 5.77. The zero-order valence-corrected chi connectivity index (χ0v) is 16.5. The van der Waals surface area contributed by atoms with Crippen LogP contribution in [-0.2, 0) is 6.18 Å². The molecular weight excluding hydrogens is 381 g/mol. The molecule has 5 fully saturated rings. The van der Waals surface area contributed by atoms with Crippen LogP contribution in [0.15, 0.2) is 24.3 Å². The molecule has 2 unspecified atom stereocenters. The summed E-state index contributed by atoms with van der Waals surface area (Å²) in [5, 5.41) is 10.8. The van der Waals surface area contributed by atoms with E-state index in [4.69, 9.17) is 0 Å². The van der Waals surface area contributed by atoms with E-state index in [-0.39, 0.29) is 12.1 Å². The molecule has 0 spiro atoms. The highest BCUT2D eigenvalue weighted by atomic mass is 19.4. The number of carbonyl (C=O) groups excluding carboxylic acids is 1. The van der Waals surface area contributed by atoms with Crippen LogP contribution in [0.3, 0.4) is 0 Å². The Morgan fingerprint density at radius 2 is 1.83 bits per heavy atom. The van der Waals surface area contributed by atoms with Gasteiger partial charge in [-0.05, 0) is 74.5 Å². The summed E-state index contributed by atoms with van der Waals surface area (Å²) >= 11 is 0. The minimum absolute atomic E-state index is 0.0700. The Morgan fingerprint density at radius 1 is 1.14 bits per heavy atom. The molecule has 0 radical (unpaired) electrons. The molecule has 1 aromatic rings. The fourth-order valence-electron chi connectivity index (χ4n) is 6.83. The summed E-state index contributed by atoms with van der Waals surface area (Å²) < 4.78 is 39.2. The van der Waals surface area contributed by atoms with Crippen LogP contribution in [0.4, 0.5) is 18.0 Å². The Balaban J connectivity index is 1.34. The van der Waals surface area contributed by atoms with Crippen LogP contribution in [-0.4, -0.2) is 45.7 Å². The lowest BCUT2D eigenvalue weighted by molar-refractivity contribution is -0.152. The maximum atomic E-state index is 13.3. The van der Waals surface area contributed by atoms with Gasteiger partial charge in [-0.3, -0.25) is 0 Å². The van der Waals surface area contributed by atoms with Crippen molar-refractivity contribution < 1.29 is 23.1 Å². The lowest BCUT2D eigenvalue weighted by Crippen LogP contribution is -2.62. The summed E-state index contributed by atoms with van der Waals surface area (Å²) in [5.74, 6) is 1.27. The molecule has 7 heteroatoms. The van der Waals surface area contributed by atoms with E-state index < -0.39 is 23.4 Å². The minimum atomic E-state index is -4.39. The van der Waals surface area contributed by atoms with Gasteiger partial charge in [0.25, 0.3) is 0 Å². The Morgan fingerprint density at radius 3 is 2.45 bits per heavy atom. The molecule has 5 aliphatic rings. The van der Waals surface area contributed by atoms with Crippen LogP contribution in [0.1, 0.15) is 56.2 Å². The van der Waals surface area contributed by atoms with Crippen LogP contribution < -0.4 is 0 Å². The maximum absolute atomic E-state index is 13.3. The normalized spacial score (nSPS) is 37.5. The van der Waals surface area contributed by atoms with Crippen molar-refractivity contribution in [3.05, 3.63) is 35.4 Å². The molecule has 1 saturated heterocycles. The van der Waals surface area contributed by atoms with Gasteiger partial charge in [-0.2, -0.15) is 13.2 Å². The molecule has 2 amide bonds. The summed E-state index contributed by atoms with van der Waals surface area (Å²) in [6, 6.07) is 4.97. The molecule has 0 aromatic heterocycles. The third-order valence-electron chi connectivity index (χ3n) is 7.79. The van der Waals surface area contributed by atoms with Crippen molar-refractivity contribution in [3.63, 3.8) is 0 Å². The Hall–Kier alpha value is -1.76. The summed E-state index contributed by atoms with van der Waals surface area (Å²) in [6.07, 6.45) is 0.221. The maximum Gasteiger partial charge on any atom is 0.416 e. The number of benzene rings is 1. The highest BCUT2D eigenvalue weighted by Crippen LogP contribution is 2.57. The van der Waals surface area contributed by atoms with E-state index in [0.29, 0.717) is 36.4 Å². The number of urea groups is 1. The Labute approximate surface area is 168 Å². The van der Waals surface area contributed by atoms with Gasteiger partial charge in [0.2, 0.25) is 0 Å². The minimum Gasteiger partial charge on any atom is -0.390 e. The van der Waals surface area contributed by atoms with Gasteiger partial charge in [0.1, 0.15) is 0 Å². The number of alkyl halides is 3. The van der Waals surface area contributed by atoms with E-state index in [1.807, 2.05) is 4.90 Å². The van der Waals surface area contributed by atoms with E-state index in [9.17, 15) is 23.1 Å². The van der Waals surface area contributed by atoms with Gasteiger partial charge < -0.3 is 14.9 Å². The third kappa shape index (κ3) is 3.13. The largest absolute Gasteiger partial charge is 0.416 e. The van der Waals surface area contributed by atoms with Crippen molar-refractivity contribution in [2.45, 2.75) is 62.9 Å². The first-order valence-electron chi connectivity index (χ1n) is 10.6. The second-order valence-corrected chi connectivity index (χ2v) is 9.65. The van der Waals surface area contributed by atoms with Crippen molar-refractivity contribution in [2.75, 3.05) is 13.1 Å². The fourth-order valence-corrected chi connectivity index (χ4v) is 6.83. The van der Waals surface area contributed by atoms with Crippen LogP contribution >= 0.6 is 0 Å². The molecule has 1 aliphatic heterocycles. The van der Waals surface area contributed by atoms with Gasteiger partial charge in [-0.15, -0.1) is 0 Å². The lowest BCUT2D eigenvalue weighted by Gasteiger charge is -2.59. The number of nitrogens with zero attached hydrogens (tertiary/aromatic N) is 2. The molecule has 1 N–H and O–H groups in total. The van der Waals surface area contributed by atoms with Gasteiger partial charge in [-0.25, -0.2) is 4.79 Å². The molecule has 4 saturated carbocycles. The molecule has 6 rings (SSSR count). The van der Waals surface area contributed by atoms with Crippen molar-refractivity contribution >= 4 is 6.03 Å². The first-order valence-corrected chi connectivity index (χ1v) is 10.6. The quantitative estimate of drug-likeness (QED) is 0.803. The SMILES string of the molecule is C[C@@H](c1cccc(C(F)(F)F)c1)N1CCN(C2C3CC4CC2CC(O)(C4)C3)C1=O. The standard InChI is InChI=1S/C22H27F3N2O2/c1-13(15-3-2-4-18(9-15)22(23,24)25)26-5-6-27(20(26)28)19-16-7-14-8-17(19)12-21(29,10-14)11-16/h2-4,9,13-14,16-17,19,29H,5-8,10-12H2,1H3/t13-,14?,16?,17?,19?,21?/m0/s1. The zero-order chi connectivity index (χ0) is 20.6. The van der Waals surface area contributed by atoms with Crippen LogP contribution in [0, 0.1) is 17.8 Å². The molecule has 4 nitrogen and oxygen atoms in total. The summed E-state index contributed by atoms with van der Waals surface area (Å²) in [4.78, 5) is 16.9. The first kappa shape index (κ1) is 19.2. The number of hydrogen-bond acceptors (Lipinski definition) is 2. The molecule has 4 aliphatic carbocycles. The van der Waals surface area contributed by atoms with E-state index >= 15 is 0 Å². The smallest absolute Gasteiger partial charge is 0.390 e. The van der Waals surface area contributed by atoms with Gasteiger partial charge in [0, 0.05) is 19.1 Å². The van der Waals surface area contributed by atoms with Crippen molar-refractivity contribution in [2.24, 2.45) is 17.8 Å². The predicted molar refractivity (Wildman–Crippen MR) is 101 cm³/mol. The van der Waals surface area contributed by atoms with E-state index in [2.05, 4.69) is 0 Å². The molecule has 29 heavy (non-hydrogen) atoms. The molecule has 4 bridgehead atoms. The van der Waals surface area contributed by atoms with Crippen LogP contribution in [0.5, 0.6) is 0 Å². The van der Waals surface area contributed by atoms with Gasteiger partial charge >= 0.3 is 12.2 Å². The number of hydrogen-bond donors (Lipinski definition) is 1. The van der Waals surface area contributed by atoms with Gasteiger partial charge in [-0.1, -0.05) is 12.1 Å². The van der Waals surface area contributed by atoms with Crippen molar-refractivity contribution in [3.8, 4) is 0 Å². The van der Waals surface area contributed by atoms with Crippen LogP contribution in [0.25, 0.3) is 0 Å². The highest BCUT2D eigenvalue weighted by Gasteiger charge is 2.57. The third-order valence-corrected chi connectivity index (χ3v) is 7.79. The molecule has 1 aromatic carbocycles. The average Bonchev–Trinajstić information content (AvgIpc) is 3.00. The van der Waals surface area contributed by atoms with Gasteiger partial charge in [0.15, 0.2) is 0 Å². The number of aliphatic hydroxyl groups is 1. The molecular formula is C22H27F3N2O2. The number of carbonyl (C=O) groups is 1. The molecule has 1 heterocycles. The lowest BCUT2D eigenvalue weighted by atomic mass is 9.52. The average molecular weight is 408 g/mol. The Kier molecular flexibility index (Phi) is 4.22. The molecule has 3 atom stereocenters. The second-order valence-electron chi connectivity index (χ2n) is 9.65. The van der Waals surface area contributed by atoms with Crippen LogP contribution in [0.2, 0.25) is 0 Å². The number of amides is 2. The molecule has 158 valence electrons. The monoisotopic (exact) mass is 408 g/mol. The predicted octanol–water partition coefficient (Wildman–Crippen LogP) is 4.44. The van der Waals surface area contributed by atoms with Crippen molar-refractivity contribution in [1.82, 2.24) is 9.80 Å². The second kappa shape index (κ2) is 6.37. The van der Waals surface area contributed by atoms with E-state index in [1.54, 1.807) is 17.9 Å². The zero-order valence-electron chi connectivity index (χ0n) is 16.5. The van der Waals surface area contributed by atoms with E-state index in [1.165, 1.54) is 6.07 Å². The van der Waals surface area contributed by atoms with Crippen molar-refractivity contribution in [1.29, 1.82) is 0 Å². The number of halogens is 3. The number of rotatable bonds is 3. The topological polar surface area (TPSA) is 43.8 Å². The summed E-state index contributed by atoms with van der Waals surface area (Å²) in [6.45, 7) is 2.94. The fraction of sp³-hybridized carbons (Fsp3) is 0.682. The summed E-state index contributed by atoms with van der Waals surface area (Å²) in [7, 11) is 0. The van der Waals surface area contributed by atoms with E-state index in [0.717, 1.165) is 44.2 Å². The first-order chi connectivity index (χ1) is 13.6. The van der Waals surface area contributed by atoms with Gasteiger partial charge in [0.05, 0.1) is 17.2 Å². The summed E-state index contributed by atoms with van der Waals surface area (Å²) in [5.41, 5.74) is -0.713. The Bertz CT molecular complexity index is 811.